The van der Waals surface area contributed by atoms with E-state index < -0.39 is 10.2 Å². The van der Waals surface area contributed by atoms with E-state index in [2.05, 4.69) is 13.8 Å². The molecule has 0 bridgehead atoms. The van der Waals surface area contributed by atoms with Crippen molar-refractivity contribution in [2.24, 2.45) is 13.8 Å². The molecule has 0 saturated carbocycles. The van der Waals surface area contributed by atoms with E-state index in [-0.39, 0.29) is 0 Å². The van der Waals surface area contributed by atoms with Gasteiger partial charge in [0.1, 0.15) is 0 Å². The maximum Gasteiger partial charge on any atom is 0.383 e. The second-order valence-corrected chi connectivity index (χ2v) is 4.11. The van der Waals surface area contributed by atoms with Crippen molar-refractivity contribution in [1.29, 1.82) is 0 Å². The van der Waals surface area contributed by atoms with Crippen LogP contribution >= 0.6 is 0 Å². The monoisotopic (exact) mass is 281 g/mol. The van der Waals surface area contributed by atoms with Gasteiger partial charge in [0.2, 0.25) is 6.08 Å². The molecular weight excluding hydrogens is 274 g/mol. The van der Waals surface area contributed by atoms with Gasteiger partial charge in [-0.05, 0) is 19.1 Å². The summed E-state index contributed by atoms with van der Waals surface area (Å²) in [5.41, 5.74) is 1.81. The third kappa shape index (κ3) is 8.09. The maximum atomic E-state index is 9.97. The predicted octanol–water partition coefficient (Wildman–Crippen LogP) is 0.865. The van der Waals surface area contributed by atoms with Gasteiger partial charge in [-0.15, -0.1) is 0 Å². The van der Waals surface area contributed by atoms with Crippen LogP contribution in [0.3, 0.4) is 0 Å². The SMILES string of the molecule is Cc1ccc(N=C=O)cc1.O=C=NS(=O)(=O)N=C=O. The molecule has 8 nitrogen and oxygen atoms in total. The molecule has 0 fully saturated rings. The number of hydrogen-bond acceptors (Lipinski definition) is 6. The molecule has 0 radical (unpaired) electrons. The largest absolute Gasteiger partial charge is 0.383 e. The molecule has 1 aromatic carbocycles. The van der Waals surface area contributed by atoms with Gasteiger partial charge in [-0.25, -0.2) is 14.4 Å². The Hall–Kier alpha value is -2.69. The molecule has 0 aliphatic rings. The second kappa shape index (κ2) is 8.41. The van der Waals surface area contributed by atoms with E-state index in [4.69, 9.17) is 0 Å². The summed E-state index contributed by atoms with van der Waals surface area (Å²) in [4.78, 5) is 31.7. The summed E-state index contributed by atoms with van der Waals surface area (Å²) in [6, 6.07) is 7.35. The second-order valence-electron chi connectivity index (χ2n) is 2.85. The number of aliphatic imine (C=N–C) groups is 1. The molecule has 0 aliphatic heterocycles. The van der Waals surface area contributed by atoms with Crippen LogP contribution in [0.5, 0.6) is 0 Å². The van der Waals surface area contributed by atoms with Crippen molar-refractivity contribution in [3.63, 3.8) is 0 Å². The third-order valence-electron chi connectivity index (χ3n) is 1.51. The normalized spacial score (nSPS) is 8.68. The lowest BCUT2D eigenvalue weighted by Crippen LogP contribution is -1.86. The lowest BCUT2D eigenvalue weighted by Gasteiger charge is -1.89. The Morgan fingerprint density at radius 1 is 0.895 bits per heavy atom. The van der Waals surface area contributed by atoms with Gasteiger partial charge in [0.25, 0.3) is 12.2 Å². The molecule has 0 unspecified atom stereocenters. The fourth-order valence-electron chi connectivity index (χ4n) is 0.787. The highest BCUT2D eigenvalue weighted by Crippen LogP contribution is 2.10. The van der Waals surface area contributed by atoms with Crippen molar-refractivity contribution >= 4 is 34.1 Å². The van der Waals surface area contributed by atoms with Gasteiger partial charge >= 0.3 is 10.2 Å². The van der Waals surface area contributed by atoms with Crippen molar-refractivity contribution < 1.29 is 22.8 Å². The molecule has 0 aromatic heterocycles. The zero-order chi connectivity index (χ0) is 14.7. The number of benzene rings is 1. The number of carbonyl (C=O) groups excluding carboxylic acids is 3. The summed E-state index contributed by atoms with van der Waals surface area (Å²) in [7, 11) is -4.28. The molecule has 1 aromatic rings. The summed E-state index contributed by atoms with van der Waals surface area (Å²) >= 11 is 0. The first-order chi connectivity index (χ1) is 8.95. The third-order valence-corrected chi connectivity index (χ3v) is 2.12. The fourth-order valence-corrected chi connectivity index (χ4v) is 1.02. The molecule has 0 amide bonds. The number of nitrogens with zero attached hydrogens (tertiary/aromatic N) is 3. The first-order valence-electron chi connectivity index (χ1n) is 4.53. The lowest BCUT2D eigenvalue weighted by molar-refractivity contribution is 0.561. The van der Waals surface area contributed by atoms with Crippen molar-refractivity contribution in [2.45, 2.75) is 6.92 Å². The van der Waals surface area contributed by atoms with Gasteiger partial charge in [0, 0.05) is 0 Å². The van der Waals surface area contributed by atoms with Crippen LogP contribution in [0, 0.1) is 6.92 Å². The molecular formula is C10H7N3O5S. The number of isocyanates is 3. The first kappa shape index (κ1) is 16.3. The minimum absolute atomic E-state index is 0.653. The van der Waals surface area contributed by atoms with Crippen LogP contribution < -0.4 is 0 Å². The zero-order valence-corrected chi connectivity index (χ0v) is 10.4. The average molecular weight is 281 g/mol. The van der Waals surface area contributed by atoms with Gasteiger partial charge in [0.15, 0.2) is 0 Å². The summed E-state index contributed by atoms with van der Waals surface area (Å²) in [6.45, 7) is 1.98. The van der Waals surface area contributed by atoms with Gasteiger partial charge in [-0.2, -0.15) is 13.4 Å². The highest BCUT2D eigenvalue weighted by molar-refractivity contribution is 7.89. The van der Waals surface area contributed by atoms with Gasteiger partial charge in [-0.1, -0.05) is 26.5 Å². The standard InChI is InChI=1S/C8H7NO.C2N2O4S/c1-7-2-4-8(5-3-7)9-6-10;5-1-3-9(7,8)4-2-6/h2-5H,1H3;. The Bertz CT molecular complexity index is 638. The number of hydrogen-bond donors (Lipinski definition) is 0. The van der Waals surface area contributed by atoms with Crippen LogP contribution in [0.1, 0.15) is 5.56 Å². The number of aryl methyl sites for hydroxylation is 1. The van der Waals surface area contributed by atoms with E-state index in [1.54, 1.807) is 12.1 Å². The van der Waals surface area contributed by atoms with Gasteiger partial charge in [0.05, 0.1) is 5.69 Å². The Kier molecular flexibility index (Phi) is 7.22. The smallest absolute Gasteiger partial charge is 0.211 e. The molecule has 0 saturated heterocycles. The van der Waals surface area contributed by atoms with Gasteiger partial charge < -0.3 is 0 Å². The van der Waals surface area contributed by atoms with E-state index >= 15 is 0 Å². The van der Waals surface area contributed by atoms with Crippen LogP contribution in [0.4, 0.5) is 5.69 Å². The molecule has 0 spiro atoms. The highest BCUT2D eigenvalue weighted by atomic mass is 32.2. The Labute approximate surface area is 108 Å². The molecule has 0 N–H and O–H groups in total. The van der Waals surface area contributed by atoms with E-state index in [9.17, 15) is 22.8 Å². The van der Waals surface area contributed by atoms with Crippen molar-refractivity contribution in [3.05, 3.63) is 29.8 Å². The molecule has 0 aliphatic carbocycles. The van der Waals surface area contributed by atoms with E-state index in [0.717, 1.165) is 5.56 Å². The lowest BCUT2D eigenvalue weighted by atomic mass is 10.2. The minimum atomic E-state index is -4.28. The number of rotatable bonds is 3. The van der Waals surface area contributed by atoms with Gasteiger partial charge in [-0.3, -0.25) is 0 Å². The summed E-state index contributed by atoms with van der Waals surface area (Å²) in [6.07, 6.45) is 2.89. The van der Waals surface area contributed by atoms with Crippen LogP contribution in [-0.2, 0) is 24.6 Å². The fraction of sp³-hybridized carbons (Fsp3) is 0.100. The Balaban J connectivity index is 0.000000344. The quantitative estimate of drug-likeness (QED) is 0.600. The summed E-state index contributed by atoms with van der Waals surface area (Å²) < 4.78 is 24.3. The average Bonchev–Trinajstić information content (AvgIpc) is 2.33. The van der Waals surface area contributed by atoms with Crippen LogP contribution in [-0.4, -0.2) is 26.7 Å². The molecule has 0 atom stereocenters. The van der Waals surface area contributed by atoms with E-state index in [1.807, 2.05) is 19.1 Å². The minimum Gasteiger partial charge on any atom is -0.211 e. The molecule has 1 rings (SSSR count). The zero-order valence-electron chi connectivity index (χ0n) is 9.60. The Morgan fingerprint density at radius 3 is 1.74 bits per heavy atom. The van der Waals surface area contributed by atoms with Crippen LogP contribution in [0.15, 0.2) is 38.1 Å². The topological polar surface area (TPSA) is 122 Å². The molecule has 0 heterocycles. The first-order valence-corrected chi connectivity index (χ1v) is 5.92. The van der Waals surface area contributed by atoms with E-state index in [0.29, 0.717) is 17.8 Å². The highest BCUT2D eigenvalue weighted by Gasteiger charge is 2.00. The molecule has 9 heteroatoms. The summed E-state index contributed by atoms with van der Waals surface area (Å²) in [5, 5.41) is 0. The van der Waals surface area contributed by atoms with E-state index in [1.165, 1.54) is 6.08 Å². The van der Waals surface area contributed by atoms with Crippen molar-refractivity contribution in [3.8, 4) is 0 Å². The van der Waals surface area contributed by atoms with Crippen LogP contribution in [0.25, 0.3) is 0 Å². The van der Waals surface area contributed by atoms with Crippen molar-refractivity contribution in [2.75, 3.05) is 0 Å². The molecule has 19 heavy (non-hydrogen) atoms. The van der Waals surface area contributed by atoms with Crippen LogP contribution in [0.2, 0.25) is 0 Å². The maximum absolute atomic E-state index is 9.97. The predicted molar refractivity (Wildman–Crippen MR) is 64.1 cm³/mol. The summed E-state index contributed by atoms with van der Waals surface area (Å²) in [5.74, 6) is 0. The van der Waals surface area contributed by atoms with Crippen molar-refractivity contribution in [1.82, 2.24) is 0 Å². The molecule has 98 valence electrons. The Morgan fingerprint density at radius 2 is 1.37 bits per heavy atom.